The van der Waals surface area contributed by atoms with Gasteiger partial charge in [0.2, 0.25) is 0 Å². The number of carbonyl (C=O) groups is 4. The highest BCUT2D eigenvalue weighted by Crippen LogP contribution is 2.26. The van der Waals surface area contributed by atoms with Gasteiger partial charge in [-0.1, -0.05) is 199 Å². The van der Waals surface area contributed by atoms with E-state index in [0.717, 1.165) is 103 Å². The zero-order chi connectivity index (χ0) is 50.4. The second kappa shape index (κ2) is 46.3. The number of carboxylic acid groups (broad SMARTS) is 1. The van der Waals surface area contributed by atoms with Crippen molar-refractivity contribution in [1.82, 2.24) is 0 Å². The molecule has 0 bridgehead atoms. The monoisotopic (exact) mass is 979 g/mol. The standard InChI is InChI=1S/C57H102O12/c1-4-7-10-13-16-19-22-25-28-31-34-37-40-43-49(58)65-46-48(67-50(59)44-41-38-35-32-29-26-23-20-17-14-11-8-5-2)47-66-57-55(53(62)52(61)54(69-57)56(63)64)68-51(60)45-42-39-36-33-30-27-24-21-18-15-12-9-6-3/h19-20,22-23,48,52-55,57,61-62H,4-18,21,24-47H2,1-3H3,(H,63,64)/b22-19-,23-20-. The normalized spacial score (nSPS) is 18.8. The van der Waals surface area contributed by atoms with Crippen LogP contribution < -0.4 is 0 Å². The van der Waals surface area contributed by atoms with Gasteiger partial charge < -0.3 is 39.0 Å². The van der Waals surface area contributed by atoms with Crippen molar-refractivity contribution in [1.29, 1.82) is 0 Å². The van der Waals surface area contributed by atoms with E-state index in [2.05, 4.69) is 45.1 Å². The van der Waals surface area contributed by atoms with E-state index in [0.29, 0.717) is 19.3 Å². The van der Waals surface area contributed by atoms with Gasteiger partial charge in [-0.2, -0.15) is 0 Å². The molecule has 6 unspecified atom stereocenters. The third-order valence-corrected chi connectivity index (χ3v) is 13.0. The number of carboxylic acids is 1. The Hall–Kier alpha value is -2.80. The Labute approximate surface area is 419 Å². The lowest BCUT2D eigenvalue weighted by Gasteiger charge is -2.40. The Kier molecular flexibility index (Phi) is 43.1. The van der Waals surface area contributed by atoms with Crippen LogP contribution in [-0.2, 0) is 42.9 Å². The summed E-state index contributed by atoms with van der Waals surface area (Å²) in [7, 11) is 0. The number of aliphatic hydroxyl groups excluding tert-OH is 2. The fourth-order valence-corrected chi connectivity index (χ4v) is 8.59. The van der Waals surface area contributed by atoms with E-state index in [1.165, 1.54) is 103 Å². The maximum absolute atomic E-state index is 13.1. The first-order chi connectivity index (χ1) is 33.6. The molecule has 0 aromatic carbocycles. The lowest BCUT2D eigenvalue weighted by molar-refractivity contribution is -0.301. The number of esters is 3. The van der Waals surface area contributed by atoms with Crippen molar-refractivity contribution in [2.45, 2.75) is 302 Å². The van der Waals surface area contributed by atoms with Crippen molar-refractivity contribution < 1.29 is 58.2 Å². The van der Waals surface area contributed by atoms with E-state index in [-0.39, 0.29) is 25.9 Å². The average molecular weight is 979 g/mol. The number of ether oxygens (including phenoxy) is 5. The summed E-state index contributed by atoms with van der Waals surface area (Å²) < 4.78 is 28.4. The Morgan fingerprint density at radius 2 is 0.826 bits per heavy atom. The van der Waals surface area contributed by atoms with Gasteiger partial charge in [-0.3, -0.25) is 14.4 Å². The topological polar surface area (TPSA) is 175 Å². The third-order valence-electron chi connectivity index (χ3n) is 13.0. The molecule has 0 radical (unpaired) electrons. The van der Waals surface area contributed by atoms with Crippen LogP contribution >= 0.6 is 0 Å². The molecule has 0 aliphatic carbocycles. The van der Waals surface area contributed by atoms with Crippen LogP contribution in [0.25, 0.3) is 0 Å². The minimum atomic E-state index is -1.90. The quantitative estimate of drug-likeness (QED) is 0.0228. The van der Waals surface area contributed by atoms with Crippen LogP contribution in [0.5, 0.6) is 0 Å². The number of rotatable bonds is 48. The molecule has 0 saturated carbocycles. The van der Waals surface area contributed by atoms with Gasteiger partial charge in [0.05, 0.1) is 6.61 Å². The van der Waals surface area contributed by atoms with E-state index in [1.807, 2.05) is 0 Å². The molecule has 3 N–H and O–H groups in total. The number of hydrogen-bond donors (Lipinski definition) is 3. The van der Waals surface area contributed by atoms with Crippen LogP contribution in [0.15, 0.2) is 24.3 Å². The van der Waals surface area contributed by atoms with Crippen LogP contribution in [-0.4, -0.2) is 89.2 Å². The molecule has 0 amide bonds. The largest absolute Gasteiger partial charge is 0.479 e. The highest BCUT2D eigenvalue weighted by Gasteiger charge is 2.50. The van der Waals surface area contributed by atoms with Gasteiger partial charge in [0.25, 0.3) is 0 Å². The Balaban J connectivity index is 2.71. The summed E-state index contributed by atoms with van der Waals surface area (Å²) in [5.41, 5.74) is 0. The first-order valence-electron chi connectivity index (χ1n) is 28.3. The Bertz CT molecular complexity index is 1300. The van der Waals surface area contributed by atoms with Crippen molar-refractivity contribution >= 4 is 23.9 Å². The minimum absolute atomic E-state index is 0.0647. The van der Waals surface area contributed by atoms with Gasteiger partial charge in [0.1, 0.15) is 18.8 Å². The zero-order valence-corrected chi connectivity index (χ0v) is 44.1. The number of carbonyl (C=O) groups excluding carboxylic acids is 3. The number of hydrogen-bond acceptors (Lipinski definition) is 11. The molecule has 12 nitrogen and oxygen atoms in total. The SMILES string of the molecule is CCCCCC/C=C\CCCCCCCC(=O)OCC(COC1OC(C(=O)O)C(O)C(O)C1OC(=O)CCCCCCCCCCCCCCC)OC(=O)CCCCCCC/C=C\CCCCCC. The highest BCUT2D eigenvalue weighted by molar-refractivity contribution is 5.74. The van der Waals surface area contributed by atoms with Crippen molar-refractivity contribution in [3.05, 3.63) is 24.3 Å². The molecule has 12 heteroatoms. The van der Waals surface area contributed by atoms with E-state index >= 15 is 0 Å². The summed E-state index contributed by atoms with van der Waals surface area (Å²) in [4.78, 5) is 50.9. The summed E-state index contributed by atoms with van der Waals surface area (Å²) in [6, 6.07) is 0. The predicted octanol–water partition coefficient (Wildman–Crippen LogP) is 13.9. The van der Waals surface area contributed by atoms with Crippen LogP contribution in [0.2, 0.25) is 0 Å². The number of allylic oxidation sites excluding steroid dienone is 4. The molecule has 0 aromatic heterocycles. The second-order valence-corrected chi connectivity index (χ2v) is 19.6. The average Bonchev–Trinajstić information content (AvgIpc) is 3.33. The minimum Gasteiger partial charge on any atom is -0.479 e. The molecular weight excluding hydrogens is 877 g/mol. The maximum Gasteiger partial charge on any atom is 0.335 e. The summed E-state index contributed by atoms with van der Waals surface area (Å²) in [5.74, 6) is -3.12. The smallest absolute Gasteiger partial charge is 0.335 e. The molecule has 1 saturated heterocycles. The first-order valence-corrected chi connectivity index (χ1v) is 28.3. The fraction of sp³-hybridized carbons (Fsp3) is 0.860. The lowest BCUT2D eigenvalue weighted by atomic mass is 9.98. The van der Waals surface area contributed by atoms with Gasteiger partial charge in [-0.05, 0) is 70.6 Å². The van der Waals surface area contributed by atoms with E-state index < -0.39 is 67.3 Å². The maximum atomic E-state index is 13.1. The van der Waals surface area contributed by atoms with E-state index in [1.54, 1.807) is 0 Å². The zero-order valence-electron chi connectivity index (χ0n) is 44.1. The van der Waals surface area contributed by atoms with Gasteiger partial charge in [-0.15, -0.1) is 0 Å². The van der Waals surface area contributed by atoms with E-state index in [9.17, 15) is 34.5 Å². The highest BCUT2D eigenvalue weighted by atomic mass is 16.7. The summed E-state index contributed by atoms with van der Waals surface area (Å²) in [6.07, 6.45) is 38.7. The molecule has 1 aliphatic heterocycles. The Morgan fingerprint density at radius 1 is 0.464 bits per heavy atom. The molecule has 0 aromatic rings. The summed E-state index contributed by atoms with van der Waals surface area (Å²) in [6.45, 7) is 5.95. The number of aliphatic carboxylic acids is 1. The van der Waals surface area contributed by atoms with Crippen molar-refractivity contribution in [3.8, 4) is 0 Å². The van der Waals surface area contributed by atoms with Crippen molar-refractivity contribution in [2.75, 3.05) is 13.2 Å². The van der Waals surface area contributed by atoms with Crippen LogP contribution in [0.1, 0.15) is 265 Å². The molecule has 1 fully saturated rings. The second-order valence-electron chi connectivity index (χ2n) is 19.6. The first kappa shape index (κ1) is 64.2. The van der Waals surface area contributed by atoms with Crippen molar-refractivity contribution in [3.63, 3.8) is 0 Å². The number of aliphatic hydroxyl groups is 2. The third kappa shape index (κ3) is 36.7. The Morgan fingerprint density at radius 3 is 1.25 bits per heavy atom. The fourth-order valence-electron chi connectivity index (χ4n) is 8.59. The van der Waals surface area contributed by atoms with Gasteiger partial charge in [0.15, 0.2) is 24.6 Å². The predicted molar refractivity (Wildman–Crippen MR) is 276 cm³/mol. The lowest BCUT2D eigenvalue weighted by Crippen LogP contribution is -2.61. The molecule has 0 spiro atoms. The van der Waals surface area contributed by atoms with Gasteiger partial charge >= 0.3 is 23.9 Å². The molecular formula is C57H102O12. The van der Waals surface area contributed by atoms with Crippen molar-refractivity contribution in [2.24, 2.45) is 0 Å². The van der Waals surface area contributed by atoms with E-state index in [4.69, 9.17) is 23.7 Å². The van der Waals surface area contributed by atoms with Crippen LogP contribution in [0.4, 0.5) is 0 Å². The molecule has 1 aliphatic rings. The van der Waals surface area contributed by atoms with Crippen LogP contribution in [0.3, 0.4) is 0 Å². The summed E-state index contributed by atoms with van der Waals surface area (Å²) in [5, 5.41) is 31.4. The molecule has 402 valence electrons. The summed E-state index contributed by atoms with van der Waals surface area (Å²) >= 11 is 0. The van der Waals surface area contributed by atoms with Crippen LogP contribution in [0, 0.1) is 0 Å². The van der Waals surface area contributed by atoms with Gasteiger partial charge in [-0.25, -0.2) is 4.79 Å². The molecule has 1 heterocycles. The molecule has 69 heavy (non-hydrogen) atoms. The van der Waals surface area contributed by atoms with Gasteiger partial charge in [0, 0.05) is 19.3 Å². The number of unbranched alkanes of at least 4 members (excludes halogenated alkanes) is 30. The molecule has 1 rings (SSSR count). The molecule has 6 atom stereocenters.